The van der Waals surface area contributed by atoms with Crippen LogP contribution in [0.25, 0.3) is 0 Å². The van der Waals surface area contributed by atoms with Crippen molar-refractivity contribution in [1.82, 2.24) is 20.7 Å². The fraction of sp³-hybridized carbons (Fsp3) is 0.486. The van der Waals surface area contributed by atoms with Crippen LogP contribution in [-0.2, 0) is 26.3 Å². The SMILES string of the molecule is CC(C)C[C@H](NC(=O)c1ccc(C(C)(C)C)cc1)C(=O)NN(C[C@@H]1C=CCN1C(=O)OCc1ccccc1)C(=O)OC(C)(C)C. The van der Waals surface area contributed by atoms with Crippen molar-refractivity contribution in [3.63, 3.8) is 0 Å². The lowest BCUT2D eigenvalue weighted by Crippen LogP contribution is -2.58. The molecule has 244 valence electrons. The molecule has 2 aromatic carbocycles. The Kier molecular flexibility index (Phi) is 11.8. The van der Waals surface area contributed by atoms with Crippen molar-refractivity contribution in [2.75, 3.05) is 13.1 Å². The number of carbonyl (C=O) groups excluding carboxylic acids is 4. The molecule has 0 fully saturated rings. The van der Waals surface area contributed by atoms with E-state index in [0.29, 0.717) is 12.0 Å². The summed E-state index contributed by atoms with van der Waals surface area (Å²) in [7, 11) is 0. The molecule has 0 radical (unpaired) electrons. The van der Waals surface area contributed by atoms with Crippen LogP contribution in [0.3, 0.4) is 0 Å². The average molecular weight is 621 g/mol. The van der Waals surface area contributed by atoms with Crippen molar-refractivity contribution in [2.24, 2.45) is 5.92 Å². The first kappa shape index (κ1) is 35.1. The summed E-state index contributed by atoms with van der Waals surface area (Å²) in [6.45, 7) is 15.6. The summed E-state index contributed by atoms with van der Waals surface area (Å²) in [6, 6.07) is 15.1. The second kappa shape index (κ2) is 15.1. The van der Waals surface area contributed by atoms with Crippen molar-refractivity contribution in [3.05, 3.63) is 83.4 Å². The first-order chi connectivity index (χ1) is 21.0. The van der Waals surface area contributed by atoms with Gasteiger partial charge in [-0.15, -0.1) is 0 Å². The van der Waals surface area contributed by atoms with E-state index in [4.69, 9.17) is 9.47 Å². The smallest absolute Gasteiger partial charge is 0.429 e. The van der Waals surface area contributed by atoms with Gasteiger partial charge in [-0.1, -0.05) is 89.2 Å². The number of rotatable bonds is 9. The molecule has 2 aromatic rings. The molecule has 0 aromatic heterocycles. The molecule has 0 saturated carbocycles. The Labute approximate surface area is 267 Å². The normalized spacial score (nSPS) is 15.4. The van der Waals surface area contributed by atoms with Gasteiger partial charge in [-0.25, -0.2) is 14.6 Å². The molecule has 0 spiro atoms. The minimum atomic E-state index is -0.934. The maximum absolute atomic E-state index is 13.7. The summed E-state index contributed by atoms with van der Waals surface area (Å²) in [6.07, 6.45) is 2.58. The molecule has 1 heterocycles. The molecule has 0 aliphatic carbocycles. The van der Waals surface area contributed by atoms with E-state index in [9.17, 15) is 19.2 Å². The van der Waals surface area contributed by atoms with Crippen LogP contribution in [-0.4, -0.2) is 64.7 Å². The van der Waals surface area contributed by atoms with E-state index in [2.05, 4.69) is 31.5 Å². The number of nitrogens with zero attached hydrogens (tertiary/aromatic N) is 2. The van der Waals surface area contributed by atoms with Crippen molar-refractivity contribution in [3.8, 4) is 0 Å². The maximum atomic E-state index is 13.7. The Bertz CT molecular complexity index is 1340. The molecule has 45 heavy (non-hydrogen) atoms. The van der Waals surface area contributed by atoms with E-state index >= 15 is 0 Å². The van der Waals surface area contributed by atoms with E-state index in [1.807, 2.05) is 56.3 Å². The summed E-state index contributed by atoms with van der Waals surface area (Å²) in [5.74, 6) is -0.910. The monoisotopic (exact) mass is 620 g/mol. The van der Waals surface area contributed by atoms with Gasteiger partial charge < -0.3 is 14.8 Å². The highest BCUT2D eigenvalue weighted by atomic mass is 16.6. The molecule has 1 aliphatic heterocycles. The van der Waals surface area contributed by atoms with Gasteiger partial charge in [0.2, 0.25) is 0 Å². The van der Waals surface area contributed by atoms with Crippen LogP contribution >= 0.6 is 0 Å². The highest BCUT2D eigenvalue weighted by Crippen LogP contribution is 2.22. The largest absolute Gasteiger partial charge is 0.445 e. The van der Waals surface area contributed by atoms with Gasteiger partial charge in [-0.05, 0) is 61.8 Å². The minimum absolute atomic E-state index is 0.0620. The van der Waals surface area contributed by atoms with Crippen LogP contribution in [0.4, 0.5) is 9.59 Å². The van der Waals surface area contributed by atoms with Crippen molar-refractivity contribution in [2.45, 2.75) is 91.5 Å². The fourth-order valence-corrected chi connectivity index (χ4v) is 4.69. The molecular formula is C35H48N4O6. The highest BCUT2D eigenvalue weighted by molar-refractivity contribution is 5.97. The first-order valence-corrected chi connectivity index (χ1v) is 15.4. The van der Waals surface area contributed by atoms with E-state index in [1.54, 1.807) is 45.1 Å². The predicted molar refractivity (Wildman–Crippen MR) is 173 cm³/mol. The number of hydrogen-bond acceptors (Lipinski definition) is 6. The van der Waals surface area contributed by atoms with Crippen LogP contribution in [0.5, 0.6) is 0 Å². The van der Waals surface area contributed by atoms with Crippen molar-refractivity contribution < 1.29 is 28.7 Å². The Balaban J connectivity index is 1.75. The molecule has 0 saturated heterocycles. The molecule has 0 bridgehead atoms. The van der Waals surface area contributed by atoms with Gasteiger partial charge in [0.15, 0.2) is 0 Å². The highest BCUT2D eigenvalue weighted by Gasteiger charge is 2.34. The van der Waals surface area contributed by atoms with Gasteiger partial charge in [-0.2, -0.15) is 0 Å². The number of amides is 4. The number of hydrogen-bond donors (Lipinski definition) is 2. The number of ether oxygens (including phenoxy) is 2. The molecule has 2 N–H and O–H groups in total. The van der Waals surface area contributed by atoms with Gasteiger partial charge in [-0.3, -0.25) is 19.9 Å². The lowest BCUT2D eigenvalue weighted by atomic mass is 9.86. The molecule has 10 nitrogen and oxygen atoms in total. The quantitative estimate of drug-likeness (QED) is 0.263. The number of nitrogens with one attached hydrogen (secondary N) is 2. The van der Waals surface area contributed by atoms with Crippen LogP contribution in [0.2, 0.25) is 0 Å². The Morgan fingerprint density at radius 1 is 0.956 bits per heavy atom. The summed E-state index contributed by atoms with van der Waals surface area (Å²) < 4.78 is 11.1. The van der Waals surface area contributed by atoms with Crippen LogP contribution in [0.1, 0.15) is 83.3 Å². The first-order valence-electron chi connectivity index (χ1n) is 15.4. The third-order valence-corrected chi connectivity index (χ3v) is 7.07. The lowest BCUT2D eigenvalue weighted by Gasteiger charge is -2.33. The number of carbonyl (C=O) groups is 4. The third-order valence-electron chi connectivity index (χ3n) is 7.07. The second-order valence-electron chi connectivity index (χ2n) is 13.7. The molecule has 2 atom stereocenters. The summed E-state index contributed by atoms with van der Waals surface area (Å²) >= 11 is 0. The number of hydrazine groups is 1. The minimum Gasteiger partial charge on any atom is -0.445 e. The number of benzene rings is 2. The Morgan fingerprint density at radius 3 is 2.18 bits per heavy atom. The second-order valence-corrected chi connectivity index (χ2v) is 13.7. The topological polar surface area (TPSA) is 117 Å². The van der Waals surface area contributed by atoms with Crippen molar-refractivity contribution in [1.29, 1.82) is 0 Å². The van der Waals surface area contributed by atoms with E-state index in [1.165, 1.54) is 4.90 Å². The summed E-state index contributed by atoms with van der Waals surface area (Å²) in [5, 5.41) is 3.90. The summed E-state index contributed by atoms with van der Waals surface area (Å²) in [4.78, 5) is 54.6. The van der Waals surface area contributed by atoms with Gasteiger partial charge in [0, 0.05) is 12.1 Å². The molecular weight excluding hydrogens is 572 g/mol. The molecule has 4 amide bonds. The molecule has 3 rings (SSSR count). The van der Waals surface area contributed by atoms with Crippen LogP contribution in [0, 0.1) is 5.92 Å². The lowest BCUT2D eigenvalue weighted by molar-refractivity contribution is -0.128. The van der Waals surface area contributed by atoms with E-state index in [0.717, 1.165) is 16.1 Å². The maximum Gasteiger partial charge on any atom is 0.429 e. The standard InChI is InChI=1S/C35H48N4O6/c1-24(2)21-29(36-30(40)26-16-18-27(19-17-26)34(3,4)5)31(41)37-39(33(43)45-35(6,7)8)22-28-15-12-20-38(28)32(42)44-23-25-13-10-9-11-14-25/h9-19,24,28-29H,20-23H2,1-8H3,(H,36,40)(H,37,41)/t28-,29-/m0/s1. The fourth-order valence-electron chi connectivity index (χ4n) is 4.69. The molecule has 1 aliphatic rings. The third kappa shape index (κ3) is 11.0. The zero-order chi connectivity index (χ0) is 33.4. The zero-order valence-electron chi connectivity index (χ0n) is 27.8. The van der Waals surface area contributed by atoms with Crippen LogP contribution < -0.4 is 10.7 Å². The zero-order valence-corrected chi connectivity index (χ0v) is 27.8. The van der Waals surface area contributed by atoms with Crippen molar-refractivity contribution >= 4 is 24.0 Å². The Morgan fingerprint density at radius 2 is 1.60 bits per heavy atom. The van der Waals surface area contributed by atoms with Gasteiger partial charge in [0.05, 0.1) is 12.6 Å². The Hall–Kier alpha value is -4.34. The van der Waals surface area contributed by atoms with Crippen LogP contribution in [0.15, 0.2) is 66.7 Å². The average Bonchev–Trinajstić information content (AvgIpc) is 3.42. The molecule has 0 unspecified atom stereocenters. The van der Waals surface area contributed by atoms with Gasteiger partial charge in [0.25, 0.3) is 11.8 Å². The molecule has 10 heteroatoms. The van der Waals surface area contributed by atoms with E-state index < -0.39 is 41.7 Å². The van der Waals surface area contributed by atoms with Gasteiger partial charge in [0.1, 0.15) is 18.2 Å². The van der Waals surface area contributed by atoms with Gasteiger partial charge >= 0.3 is 12.2 Å². The predicted octanol–water partition coefficient (Wildman–Crippen LogP) is 5.97. The van der Waals surface area contributed by atoms with E-state index in [-0.39, 0.29) is 31.0 Å². The summed E-state index contributed by atoms with van der Waals surface area (Å²) in [5.41, 5.74) is 4.12.